The molecule has 2 atom stereocenters. The van der Waals surface area contributed by atoms with Crippen molar-refractivity contribution in [3.8, 4) is 0 Å². The number of morpholine rings is 1. The Kier molecular flexibility index (Phi) is 5.31. The summed E-state index contributed by atoms with van der Waals surface area (Å²) in [4.78, 5) is 30.9. The van der Waals surface area contributed by atoms with Crippen molar-refractivity contribution < 1.29 is 19.1 Å². The van der Waals surface area contributed by atoms with Gasteiger partial charge in [0.25, 0.3) is 5.91 Å². The SMILES string of the molecule is CCn1cc(C(=O)N2C[C@@H]3OC(=O)N(CCCN4CCOCC4)[C@@H]3C2)cn1. The summed E-state index contributed by atoms with van der Waals surface area (Å²) in [5.74, 6) is -0.0478. The average Bonchev–Trinajstić information content (AvgIpc) is 3.38. The number of carbonyl (C=O) groups is 2. The maximum atomic E-state index is 12.7. The molecule has 0 N–H and O–H groups in total. The Balaban J connectivity index is 1.31. The zero-order valence-electron chi connectivity index (χ0n) is 15.7. The number of nitrogens with zero attached hydrogens (tertiary/aromatic N) is 5. The van der Waals surface area contributed by atoms with Gasteiger partial charge in [-0.05, 0) is 13.3 Å². The lowest BCUT2D eigenvalue weighted by Gasteiger charge is -2.28. The van der Waals surface area contributed by atoms with Gasteiger partial charge < -0.3 is 14.4 Å². The Morgan fingerprint density at radius 1 is 1.26 bits per heavy atom. The molecule has 3 saturated heterocycles. The molecule has 1 aromatic heterocycles. The van der Waals surface area contributed by atoms with E-state index >= 15 is 0 Å². The Morgan fingerprint density at radius 2 is 2.07 bits per heavy atom. The molecule has 9 heteroatoms. The predicted octanol–water partition coefficient (Wildman–Crippen LogP) is 0.271. The number of likely N-dealkylation sites (tertiary alicyclic amines) is 1. The predicted molar refractivity (Wildman–Crippen MR) is 96.4 cm³/mol. The molecule has 3 aliphatic heterocycles. The quantitative estimate of drug-likeness (QED) is 0.708. The molecule has 0 unspecified atom stereocenters. The summed E-state index contributed by atoms with van der Waals surface area (Å²) in [5, 5.41) is 4.17. The minimum Gasteiger partial charge on any atom is -0.442 e. The van der Waals surface area contributed by atoms with Gasteiger partial charge in [0.1, 0.15) is 6.10 Å². The van der Waals surface area contributed by atoms with Crippen LogP contribution in [0.5, 0.6) is 0 Å². The number of fused-ring (bicyclic) bond motifs is 1. The summed E-state index contributed by atoms with van der Waals surface area (Å²) in [6.45, 7) is 8.74. The Bertz CT molecular complexity index is 687. The lowest BCUT2D eigenvalue weighted by molar-refractivity contribution is 0.0362. The van der Waals surface area contributed by atoms with Crippen molar-refractivity contribution in [1.82, 2.24) is 24.5 Å². The summed E-state index contributed by atoms with van der Waals surface area (Å²) < 4.78 is 12.6. The number of aryl methyl sites for hydroxylation is 1. The first kappa shape index (κ1) is 18.2. The second-order valence-corrected chi connectivity index (χ2v) is 7.29. The van der Waals surface area contributed by atoms with E-state index < -0.39 is 0 Å². The van der Waals surface area contributed by atoms with Crippen LogP contribution in [-0.2, 0) is 16.0 Å². The van der Waals surface area contributed by atoms with Gasteiger partial charge in [0.2, 0.25) is 0 Å². The molecule has 148 valence electrons. The highest BCUT2D eigenvalue weighted by Crippen LogP contribution is 2.28. The van der Waals surface area contributed by atoms with Crippen LogP contribution in [0.2, 0.25) is 0 Å². The third-order valence-corrected chi connectivity index (χ3v) is 5.59. The minimum absolute atomic E-state index is 0.0478. The van der Waals surface area contributed by atoms with E-state index in [4.69, 9.17) is 9.47 Å². The number of carbonyl (C=O) groups excluding carboxylic acids is 2. The highest BCUT2D eigenvalue weighted by Gasteiger charge is 2.48. The lowest BCUT2D eigenvalue weighted by atomic mass is 10.2. The fourth-order valence-electron chi connectivity index (χ4n) is 4.05. The number of hydrogen-bond donors (Lipinski definition) is 0. The Labute approximate surface area is 158 Å². The van der Waals surface area contributed by atoms with E-state index in [0.29, 0.717) is 25.2 Å². The van der Waals surface area contributed by atoms with Gasteiger partial charge in [0.15, 0.2) is 0 Å². The molecule has 0 aromatic carbocycles. The third-order valence-electron chi connectivity index (χ3n) is 5.59. The van der Waals surface area contributed by atoms with Crippen LogP contribution in [-0.4, -0.2) is 101 Å². The number of rotatable bonds is 6. The molecule has 9 nitrogen and oxygen atoms in total. The highest BCUT2D eigenvalue weighted by atomic mass is 16.6. The van der Waals surface area contributed by atoms with Crippen LogP contribution in [0.3, 0.4) is 0 Å². The first-order chi connectivity index (χ1) is 13.2. The zero-order chi connectivity index (χ0) is 18.8. The zero-order valence-corrected chi connectivity index (χ0v) is 15.7. The smallest absolute Gasteiger partial charge is 0.410 e. The van der Waals surface area contributed by atoms with Crippen molar-refractivity contribution in [3.05, 3.63) is 18.0 Å². The molecule has 3 aliphatic rings. The van der Waals surface area contributed by atoms with Crippen LogP contribution in [0.1, 0.15) is 23.7 Å². The molecule has 4 rings (SSSR count). The topological polar surface area (TPSA) is 80.1 Å². The molecule has 0 spiro atoms. The van der Waals surface area contributed by atoms with E-state index in [0.717, 1.165) is 45.8 Å². The normalized spacial score (nSPS) is 25.7. The number of aromatic nitrogens is 2. The van der Waals surface area contributed by atoms with Gasteiger partial charge >= 0.3 is 6.09 Å². The molecule has 0 saturated carbocycles. The van der Waals surface area contributed by atoms with Crippen molar-refractivity contribution >= 4 is 12.0 Å². The van der Waals surface area contributed by atoms with Gasteiger partial charge in [-0.15, -0.1) is 0 Å². The average molecular weight is 377 g/mol. The summed E-state index contributed by atoms with van der Waals surface area (Å²) in [6.07, 6.45) is 3.79. The second kappa shape index (κ2) is 7.85. The summed E-state index contributed by atoms with van der Waals surface area (Å²) >= 11 is 0. The molecule has 0 radical (unpaired) electrons. The highest BCUT2D eigenvalue weighted by molar-refractivity contribution is 5.94. The van der Waals surface area contributed by atoms with Crippen molar-refractivity contribution in [2.75, 3.05) is 52.5 Å². The van der Waals surface area contributed by atoms with Crippen LogP contribution in [0.15, 0.2) is 12.4 Å². The fraction of sp³-hybridized carbons (Fsp3) is 0.722. The molecule has 2 amide bonds. The van der Waals surface area contributed by atoms with E-state index in [9.17, 15) is 9.59 Å². The first-order valence-corrected chi connectivity index (χ1v) is 9.75. The van der Waals surface area contributed by atoms with Crippen LogP contribution in [0.25, 0.3) is 0 Å². The number of hydrogen-bond acceptors (Lipinski definition) is 6. The fourth-order valence-corrected chi connectivity index (χ4v) is 4.05. The van der Waals surface area contributed by atoms with Crippen molar-refractivity contribution in [2.24, 2.45) is 0 Å². The van der Waals surface area contributed by atoms with Gasteiger partial charge in [-0.25, -0.2) is 4.79 Å². The molecular formula is C18H27N5O4. The van der Waals surface area contributed by atoms with Gasteiger partial charge in [-0.1, -0.05) is 0 Å². The second-order valence-electron chi connectivity index (χ2n) is 7.29. The van der Waals surface area contributed by atoms with E-state index in [1.165, 1.54) is 0 Å². The van der Waals surface area contributed by atoms with Gasteiger partial charge in [-0.2, -0.15) is 5.10 Å². The maximum Gasteiger partial charge on any atom is 0.410 e. The van der Waals surface area contributed by atoms with E-state index in [2.05, 4.69) is 10.00 Å². The van der Waals surface area contributed by atoms with E-state index in [1.54, 1.807) is 26.9 Å². The molecule has 0 aliphatic carbocycles. The molecule has 4 heterocycles. The van der Waals surface area contributed by atoms with E-state index in [-0.39, 0.29) is 24.1 Å². The summed E-state index contributed by atoms with van der Waals surface area (Å²) in [5.41, 5.74) is 0.585. The van der Waals surface area contributed by atoms with Gasteiger partial charge in [0.05, 0.1) is 37.6 Å². The monoisotopic (exact) mass is 377 g/mol. The van der Waals surface area contributed by atoms with Crippen molar-refractivity contribution in [3.63, 3.8) is 0 Å². The van der Waals surface area contributed by atoms with Crippen LogP contribution in [0.4, 0.5) is 4.79 Å². The molecule has 3 fully saturated rings. The van der Waals surface area contributed by atoms with Crippen molar-refractivity contribution in [1.29, 1.82) is 0 Å². The van der Waals surface area contributed by atoms with Gasteiger partial charge in [-0.3, -0.25) is 19.3 Å². The van der Waals surface area contributed by atoms with Crippen LogP contribution < -0.4 is 0 Å². The van der Waals surface area contributed by atoms with Crippen LogP contribution in [0, 0.1) is 0 Å². The Hall–Kier alpha value is -2.13. The molecule has 1 aromatic rings. The minimum atomic E-state index is -0.252. The number of ether oxygens (including phenoxy) is 2. The third kappa shape index (κ3) is 3.79. The first-order valence-electron chi connectivity index (χ1n) is 9.75. The number of amides is 2. The largest absolute Gasteiger partial charge is 0.442 e. The molecular weight excluding hydrogens is 350 g/mol. The Morgan fingerprint density at radius 3 is 2.81 bits per heavy atom. The van der Waals surface area contributed by atoms with Crippen molar-refractivity contribution in [2.45, 2.75) is 32.0 Å². The summed E-state index contributed by atoms with van der Waals surface area (Å²) in [6, 6.07) is -0.0487. The van der Waals surface area contributed by atoms with Crippen LogP contribution >= 0.6 is 0 Å². The lowest BCUT2D eigenvalue weighted by Crippen LogP contribution is -2.42. The summed E-state index contributed by atoms with van der Waals surface area (Å²) in [7, 11) is 0. The van der Waals surface area contributed by atoms with E-state index in [1.807, 2.05) is 6.92 Å². The van der Waals surface area contributed by atoms with Gasteiger partial charge in [0, 0.05) is 45.5 Å². The molecule has 0 bridgehead atoms. The molecule has 27 heavy (non-hydrogen) atoms. The maximum absolute atomic E-state index is 12.7. The standard InChI is InChI=1S/C18H27N5O4/c1-2-22-11-14(10-19-22)17(24)21-12-15-16(13-21)27-18(25)23(15)5-3-4-20-6-8-26-9-7-20/h10-11,15-16H,2-9,12-13H2,1H3/t15-,16+/m1/s1.